The van der Waals surface area contributed by atoms with E-state index in [9.17, 15) is 0 Å². The molecular formula is C21H25N3OS. The number of fused-ring (bicyclic) bond motifs is 1. The highest BCUT2D eigenvalue weighted by Gasteiger charge is 2.45. The number of aliphatic imine (C=N–C) groups is 1. The van der Waals surface area contributed by atoms with Gasteiger partial charge in [0.2, 0.25) is 0 Å². The summed E-state index contributed by atoms with van der Waals surface area (Å²) in [6, 6.07) is 15.4. The molecular weight excluding hydrogens is 342 g/mol. The van der Waals surface area contributed by atoms with Crippen LogP contribution in [0.15, 0.2) is 53.7 Å². The topological polar surface area (TPSA) is 37.7 Å². The number of rotatable bonds is 5. The highest BCUT2D eigenvalue weighted by molar-refractivity contribution is 8.14. The number of ether oxygens (including phenoxy) is 1. The Kier molecular flexibility index (Phi) is 4.90. The Bertz CT molecular complexity index is 776. The number of thioether (sulfide) groups is 1. The Balaban J connectivity index is 1.70. The number of benzene rings is 1. The van der Waals surface area contributed by atoms with Gasteiger partial charge in [0.25, 0.3) is 0 Å². The minimum absolute atomic E-state index is 0.0462. The molecule has 2 aliphatic heterocycles. The summed E-state index contributed by atoms with van der Waals surface area (Å²) >= 11 is 1.88. The molecule has 1 aromatic heterocycles. The molecule has 0 radical (unpaired) electrons. The molecule has 0 spiro atoms. The molecule has 1 aromatic carbocycles. The second-order valence-electron chi connectivity index (χ2n) is 7.07. The number of aromatic nitrogens is 1. The van der Waals surface area contributed by atoms with Crippen LogP contribution in [-0.4, -0.2) is 33.0 Å². The summed E-state index contributed by atoms with van der Waals surface area (Å²) in [7, 11) is 0. The van der Waals surface area contributed by atoms with Gasteiger partial charge in [0, 0.05) is 18.0 Å². The van der Waals surface area contributed by atoms with Gasteiger partial charge in [0.05, 0.1) is 17.8 Å². The maximum atomic E-state index is 5.81. The lowest BCUT2D eigenvalue weighted by Gasteiger charge is -2.32. The number of nitrogens with zero attached hydrogens (tertiary/aromatic N) is 3. The van der Waals surface area contributed by atoms with Gasteiger partial charge in [-0.05, 0) is 50.1 Å². The van der Waals surface area contributed by atoms with Crippen molar-refractivity contribution in [1.29, 1.82) is 0 Å². The molecule has 0 aliphatic carbocycles. The maximum absolute atomic E-state index is 5.81. The molecule has 3 atom stereocenters. The lowest BCUT2D eigenvalue weighted by Crippen LogP contribution is -2.35. The number of hydrogen-bond donors (Lipinski definition) is 0. The molecule has 0 N–H and O–H groups in total. The van der Waals surface area contributed by atoms with Crippen molar-refractivity contribution in [3.05, 3.63) is 59.9 Å². The molecule has 0 amide bonds. The van der Waals surface area contributed by atoms with E-state index < -0.39 is 0 Å². The monoisotopic (exact) mass is 367 g/mol. The summed E-state index contributed by atoms with van der Waals surface area (Å²) in [6.07, 6.45) is 3.18. The van der Waals surface area contributed by atoms with Crippen molar-refractivity contribution in [2.45, 2.75) is 51.4 Å². The fourth-order valence-electron chi connectivity index (χ4n) is 3.73. The van der Waals surface area contributed by atoms with Crippen LogP contribution in [0.4, 0.5) is 0 Å². The summed E-state index contributed by atoms with van der Waals surface area (Å²) in [5.41, 5.74) is 2.31. The lowest BCUT2D eigenvalue weighted by molar-refractivity contribution is 0.241. The van der Waals surface area contributed by atoms with Gasteiger partial charge in [-0.25, -0.2) is 0 Å². The molecule has 5 heteroatoms. The normalized spacial score (nSPS) is 24.7. The van der Waals surface area contributed by atoms with Crippen molar-refractivity contribution >= 4 is 16.9 Å². The molecule has 4 rings (SSSR count). The fourth-order valence-corrected chi connectivity index (χ4v) is 5.06. The molecule has 4 nitrogen and oxygen atoms in total. The van der Waals surface area contributed by atoms with Crippen molar-refractivity contribution in [3.63, 3.8) is 0 Å². The molecule has 2 aromatic rings. The van der Waals surface area contributed by atoms with E-state index in [-0.39, 0.29) is 18.2 Å². The summed E-state index contributed by atoms with van der Waals surface area (Å²) in [5.74, 6) is 2.04. The zero-order chi connectivity index (χ0) is 18.1. The molecule has 1 saturated heterocycles. The average Bonchev–Trinajstić information content (AvgIpc) is 3.21. The fraction of sp³-hybridized carbons (Fsp3) is 0.429. The second kappa shape index (κ2) is 7.31. The van der Waals surface area contributed by atoms with E-state index in [0.717, 1.165) is 23.6 Å². The van der Waals surface area contributed by atoms with Crippen LogP contribution in [0.1, 0.15) is 50.5 Å². The second-order valence-corrected chi connectivity index (χ2v) is 8.06. The van der Waals surface area contributed by atoms with E-state index in [1.165, 1.54) is 10.7 Å². The Morgan fingerprint density at radius 1 is 1.19 bits per heavy atom. The van der Waals surface area contributed by atoms with Gasteiger partial charge in [-0.15, -0.1) is 0 Å². The van der Waals surface area contributed by atoms with Crippen LogP contribution in [0.5, 0.6) is 5.75 Å². The minimum atomic E-state index is 0.0462. The summed E-state index contributed by atoms with van der Waals surface area (Å²) in [5, 5.41) is 1.17. The van der Waals surface area contributed by atoms with Crippen LogP contribution in [0, 0.1) is 0 Å². The molecule has 0 unspecified atom stereocenters. The van der Waals surface area contributed by atoms with Crippen LogP contribution >= 0.6 is 11.8 Å². The zero-order valence-electron chi connectivity index (χ0n) is 15.5. The van der Waals surface area contributed by atoms with Crippen molar-refractivity contribution in [2.75, 3.05) is 5.75 Å². The molecule has 26 heavy (non-hydrogen) atoms. The number of hydrogen-bond acceptors (Lipinski definition) is 5. The van der Waals surface area contributed by atoms with Crippen molar-refractivity contribution in [1.82, 2.24) is 9.88 Å². The van der Waals surface area contributed by atoms with Crippen molar-refractivity contribution < 1.29 is 4.74 Å². The smallest absolute Gasteiger partial charge is 0.160 e. The summed E-state index contributed by atoms with van der Waals surface area (Å²) in [6.45, 7) is 6.36. The van der Waals surface area contributed by atoms with Gasteiger partial charge in [0.15, 0.2) is 5.17 Å². The van der Waals surface area contributed by atoms with Gasteiger partial charge >= 0.3 is 0 Å². The highest BCUT2D eigenvalue weighted by atomic mass is 32.2. The van der Waals surface area contributed by atoms with Crippen LogP contribution in [-0.2, 0) is 0 Å². The van der Waals surface area contributed by atoms with Crippen LogP contribution in [0.3, 0.4) is 0 Å². The van der Waals surface area contributed by atoms with Crippen LogP contribution in [0.25, 0.3) is 0 Å². The molecule has 3 heterocycles. The van der Waals surface area contributed by atoms with Crippen molar-refractivity contribution in [3.8, 4) is 5.75 Å². The first-order valence-corrected chi connectivity index (χ1v) is 10.3. The zero-order valence-corrected chi connectivity index (χ0v) is 16.3. The third-order valence-corrected chi connectivity index (χ3v) is 6.05. The first kappa shape index (κ1) is 17.4. The van der Waals surface area contributed by atoms with Crippen molar-refractivity contribution in [2.24, 2.45) is 4.99 Å². The van der Waals surface area contributed by atoms with E-state index in [0.29, 0.717) is 6.04 Å². The molecule has 136 valence electrons. The Morgan fingerprint density at radius 2 is 2.00 bits per heavy atom. The standard InChI is InChI=1S/C21H25N3OS/c1-4-16-13-26-21-23-19(18-7-5-6-12-22-18)20(24(16)21)15-8-10-17(11-9-15)25-14(2)3/h5-12,14,16,19-20H,4,13H2,1-3H3/t16-,19-,20+/m1/s1. The molecule has 0 bridgehead atoms. The van der Waals surface area contributed by atoms with Gasteiger partial charge < -0.3 is 9.64 Å². The first-order valence-electron chi connectivity index (χ1n) is 9.34. The van der Waals surface area contributed by atoms with E-state index in [2.05, 4.69) is 61.0 Å². The van der Waals surface area contributed by atoms with Crippen LogP contribution < -0.4 is 4.74 Å². The van der Waals surface area contributed by atoms with Gasteiger partial charge in [-0.1, -0.05) is 36.9 Å². The van der Waals surface area contributed by atoms with Crippen LogP contribution in [0.2, 0.25) is 0 Å². The van der Waals surface area contributed by atoms with E-state index >= 15 is 0 Å². The number of amidine groups is 1. The van der Waals surface area contributed by atoms with Gasteiger partial charge in [0.1, 0.15) is 11.8 Å². The predicted octanol–water partition coefficient (Wildman–Crippen LogP) is 4.85. The predicted molar refractivity (Wildman–Crippen MR) is 108 cm³/mol. The third-order valence-electron chi connectivity index (χ3n) is 4.92. The van der Waals surface area contributed by atoms with E-state index in [4.69, 9.17) is 9.73 Å². The van der Waals surface area contributed by atoms with Gasteiger partial charge in [-0.3, -0.25) is 9.98 Å². The molecule has 1 fully saturated rings. The molecule has 0 saturated carbocycles. The molecule has 2 aliphatic rings. The van der Waals surface area contributed by atoms with Gasteiger partial charge in [-0.2, -0.15) is 0 Å². The maximum Gasteiger partial charge on any atom is 0.160 e. The summed E-state index contributed by atoms with van der Waals surface area (Å²) < 4.78 is 5.81. The van der Waals surface area contributed by atoms with E-state index in [1.54, 1.807) is 0 Å². The summed E-state index contributed by atoms with van der Waals surface area (Å²) in [4.78, 5) is 12.2. The SMILES string of the molecule is CC[C@@H]1CSC2=N[C@H](c3ccccn3)[C@H](c3ccc(OC(C)C)cc3)N21. The Morgan fingerprint density at radius 3 is 2.65 bits per heavy atom. The average molecular weight is 368 g/mol. The Labute approximate surface area is 159 Å². The minimum Gasteiger partial charge on any atom is -0.491 e. The van der Waals surface area contributed by atoms with E-state index in [1.807, 2.05) is 30.1 Å². The quantitative estimate of drug-likeness (QED) is 0.757. The number of pyridine rings is 1. The first-order chi connectivity index (χ1) is 12.7. The Hall–Kier alpha value is -2.01. The lowest BCUT2D eigenvalue weighted by atomic mass is 9.95. The largest absolute Gasteiger partial charge is 0.491 e. The highest BCUT2D eigenvalue weighted by Crippen LogP contribution is 2.48. The third kappa shape index (κ3) is 3.20.